The van der Waals surface area contributed by atoms with Crippen molar-refractivity contribution in [3.8, 4) is 0 Å². The molecule has 1 saturated heterocycles. The second-order valence-corrected chi connectivity index (χ2v) is 8.58. The predicted molar refractivity (Wildman–Crippen MR) is 137 cm³/mol. The third kappa shape index (κ3) is 4.74. The minimum absolute atomic E-state index is 0.00202. The number of hydrogen-bond donors (Lipinski definition) is 2. The first-order chi connectivity index (χ1) is 17.8. The number of rotatable bonds is 5. The van der Waals surface area contributed by atoms with Crippen LogP contribution in [0.1, 0.15) is 11.1 Å². The SMILES string of the molecule is Cc1cccc(NC(=O)Cn2cc(C=C3C(=O)NC(=O)N(c4ccc(F)cc4)C3=O)c3ccccc32)c1. The Morgan fingerprint density at radius 3 is 2.51 bits per heavy atom. The number of urea groups is 1. The third-order valence-electron chi connectivity index (χ3n) is 5.92. The minimum atomic E-state index is -0.922. The number of carbonyl (C=O) groups excluding carboxylic acids is 4. The Bertz CT molecular complexity index is 1600. The predicted octanol–water partition coefficient (Wildman–Crippen LogP) is 4.39. The molecule has 8 nitrogen and oxygen atoms in total. The van der Waals surface area contributed by atoms with E-state index in [4.69, 9.17) is 0 Å². The summed E-state index contributed by atoms with van der Waals surface area (Å²) in [5.74, 6) is -2.46. The van der Waals surface area contributed by atoms with Gasteiger partial charge in [-0.15, -0.1) is 0 Å². The molecule has 9 heteroatoms. The number of aryl methyl sites for hydroxylation is 1. The summed E-state index contributed by atoms with van der Waals surface area (Å²) in [6.45, 7) is 1.93. The van der Waals surface area contributed by atoms with Crippen LogP contribution in [0.5, 0.6) is 0 Å². The summed E-state index contributed by atoms with van der Waals surface area (Å²) in [6, 6.07) is 18.6. The van der Waals surface area contributed by atoms with Gasteiger partial charge >= 0.3 is 6.03 Å². The molecule has 4 aromatic rings. The summed E-state index contributed by atoms with van der Waals surface area (Å²) < 4.78 is 15.1. The highest BCUT2D eigenvalue weighted by atomic mass is 19.1. The molecule has 3 aromatic carbocycles. The van der Waals surface area contributed by atoms with Crippen molar-refractivity contribution in [1.82, 2.24) is 9.88 Å². The number of hydrogen-bond acceptors (Lipinski definition) is 4. The monoisotopic (exact) mass is 496 g/mol. The first-order valence-corrected chi connectivity index (χ1v) is 11.4. The molecule has 37 heavy (non-hydrogen) atoms. The molecule has 2 heterocycles. The number of nitrogens with one attached hydrogen (secondary N) is 2. The van der Waals surface area contributed by atoms with Gasteiger partial charge in [0.15, 0.2) is 0 Å². The highest BCUT2D eigenvalue weighted by Crippen LogP contribution is 2.27. The smallest absolute Gasteiger partial charge is 0.335 e. The lowest BCUT2D eigenvalue weighted by Crippen LogP contribution is -2.54. The van der Waals surface area contributed by atoms with E-state index in [2.05, 4.69) is 10.6 Å². The number of benzene rings is 3. The Hall–Kier alpha value is -5.05. The normalized spacial score (nSPS) is 14.8. The first-order valence-electron chi connectivity index (χ1n) is 11.4. The van der Waals surface area contributed by atoms with Crippen molar-refractivity contribution in [2.24, 2.45) is 0 Å². The number of halogens is 1. The molecule has 184 valence electrons. The van der Waals surface area contributed by atoms with Crippen molar-refractivity contribution < 1.29 is 23.6 Å². The van der Waals surface area contributed by atoms with E-state index in [0.29, 0.717) is 16.6 Å². The molecule has 0 atom stereocenters. The maximum absolute atomic E-state index is 13.4. The second-order valence-electron chi connectivity index (χ2n) is 8.58. The number of barbiturate groups is 1. The van der Waals surface area contributed by atoms with E-state index in [1.807, 2.05) is 43.3 Å². The maximum Gasteiger partial charge on any atom is 0.335 e. The molecule has 1 aliphatic heterocycles. The number of fused-ring (bicyclic) bond motifs is 1. The summed E-state index contributed by atoms with van der Waals surface area (Å²) in [5, 5.41) is 5.74. The largest absolute Gasteiger partial charge is 0.337 e. The molecule has 1 aromatic heterocycles. The van der Waals surface area contributed by atoms with E-state index in [1.165, 1.54) is 18.2 Å². The molecule has 5 rings (SSSR count). The molecule has 0 spiro atoms. The van der Waals surface area contributed by atoms with Crippen molar-refractivity contribution in [2.75, 3.05) is 10.2 Å². The fraction of sp³-hybridized carbons (Fsp3) is 0.0714. The number of imide groups is 2. The van der Waals surface area contributed by atoms with Gasteiger partial charge < -0.3 is 9.88 Å². The quantitative estimate of drug-likeness (QED) is 0.316. The zero-order valence-corrected chi connectivity index (χ0v) is 19.7. The van der Waals surface area contributed by atoms with Crippen LogP contribution in [0.25, 0.3) is 17.0 Å². The van der Waals surface area contributed by atoms with Gasteiger partial charge in [-0.1, -0.05) is 30.3 Å². The summed E-state index contributed by atoms with van der Waals surface area (Å²) in [4.78, 5) is 51.8. The van der Waals surface area contributed by atoms with Crippen molar-refractivity contribution in [3.63, 3.8) is 0 Å². The summed E-state index contributed by atoms with van der Waals surface area (Å²) in [5.41, 5.74) is 2.80. The number of nitrogens with zero attached hydrogens (tertiary/aromatic N) is 2. The van der Waals surface area contributed by atoms with Gasteiger partial charge in [0.25, 0.3) is 11.8 Å². The van der Waals surface area contributed by atoms with E-state index < -0.39 is 23.7 Å². The molecule has 0 bridgehead atoms. The van der Waals surface area contributed by atoms with Crippen LogP contribution in [0.2, 0.25) is 0 Å². The van der Waals surface area contributed by atoms with Gasteiger partial charge in [0.05, 0.1) is 5.69 Å². The summed E-state index contributed by atoms with van der Waals surface area (Å²) in [6.07, 6.45) is 3.06. The average Bonchev–Trinajstić information content (AvgIpc) is 3.20. The molecular formula is C28H21FN4O4. The van der Waals surface area contributed by atoms with Crippen LogP contribution in [0.15, 0.2) is 84.6 Å². The number of amides is 5. The van der Waals surface area contributed by atoms with Gasteiger partial charge in [0.1, 0.15) is 17.9 Å². The zero-order chi connectivity index (χ0) is 26.1. The Labute approximate surface area is 211 Å². The number of carbonyl (C=O) groups is 4. The molecule has 5 amide bonds. The van der Waals surface area contributed by atoms with Crippen LogP contribution >= 0.6 is 0 Å². The van der Waals surface area contributed by atoms with E-state index in [0.717, 1.165) is 28.1 Å². The van der Waals surface area contributed by atoms with Gasteiger partial charge in [0.2, 0.25) is 5.91 Å². The second kappa shape index (κ2) is 9.54. The standard InChI is InChI=1S/C28H21FN4O4/c1-17-5-4-6-20(13-17)30-25(34)16-32-15-18(22-7-2-3-8-24(22)32)14-23-26(35)31-28(37)33(27(23)36)21-11-9-19(29)10-12-21/h2-15H,16H2,1H3,(H,30,34)(H,31,35,37). The maximum atomic E-state index is 13.4. The van der Waals surface area contributed by atoms with Crippen molar-refractivity contribution in [1.29, 1.82) is 0 Å². The van der Waals surface area contributed by atoms with Gasteiger partial charge in [-0.25, -0.2) is 14.1 Å². The van der Waals surface area contributed by atoms with Crippen LogP contribution in [0, 0.1) is 12.7 Å². The summed E-state index contributed by atoms with van der Waals surface area (Å²) >= 11 is 0. The van der Waals surface area contributed by atoms with E-state index >= 15 is 0 Å². The lowest BCUT2D eigenvalue weighted by molar-refractivity contribution is -0.122. The van der Waals surface area contributed by atoms with Gasteiger partial charge in [-0.2, -0.15) is 0 Å². The average molecular weight is 496 g/mol. The Morgan fingerprint density at radius 1 is 1.00 bits per heavy atom. The molecule has 1 fully saturated rings. The fourth-order valence-electron chi connectivity index (χ4n) is 4.24. The Kier molecular flexibility index (Phi) is 6.10. The Balaban J connectivity index is 1.48. The molecule has 0 aliphatic carbocycles. The van der Waals surface area contributed by atoms with Gasteiger partial charge in [-0.3, -0.25) is 19.7 Å². The molecular weight excluding hydrogens is 475 g/mol. The Morgan fingerprint density at radius 2 is 1.76 bits per heavy atom. The zero-order valence-electron chi connectivity index (χ0n) is 19.7. The molecule has 0 radical (unpaired) electrons. The molecule has 2 N–H and O–H groups in total. The minimum Gasteiger partial charge on any atom is -0.337 e. The van der Waals surface area contributed by atoms with Crippen LogP contribution in [-0.2, 0) is 20.9 Å². The highest BCUT2D eigenvalue weighted by Gasteiger charge is 2.37. The lowest BCUT2D eigenvalue weighted by Gasteiger charge is -2.26. The van der Waals surface area contributed by atoms with Crippen molar-refractivity contribution in [3.05, 3.63) is 102 Å². The fourth-order valence-corrected chi connectivity index (χ4v) is 4.24. The van der Waals surface area contributed by atoms with Crippen molar-refractivity contribution >= 4 is 52.1 Å². The highest BCUT2D eigenvalue weighted by molar-refractivity contribution is 6.39. The van der Waals surface area contributed by atoms with Gasteiger partial charge in [0, 0.05) is 28.4 Å². The van der Waals surface area contributed by atoms with E-state index in [9.17, 15) is 23.6 Å². The number of anilines is 2. The van der Waals surface area contributed by atoms with Crippen LogP contribution in [-0.4, -0.2) is 28.3 Å². The number of para-hydroxylation sites is 1. The third-order valence-corrected chi connectivity index (χ3v) is 5.92. The number of aromatic nitrogens is 1. The molecule has 1 aliphatic rings. The van der Waals surface area contributed by atoms with Gasteiger partial charge in [-0.05, 0) is 61.0 Å². The first kappa shape index (κ1) is 23.7. The van der Waals surface area contributed by atoms with Crippen LogP contribution in [0.3, 0.4) is 0 Å². The lowest BCUT2D eigenvalue weighted by atomic mass is 10.1. The van der Waals surface area contributed by atoms with Crippen LogP contribution in [0.4, 0.5) is 20.6 Å². The van der Waals surface area contributed by atoms with E-state index in [-0.39, 0.29) is 23.7 Å². The molecule has 0 unspecified atom stereocenters. The van der Waals surface area contributed by atoms with Crippen molar-refractivity contribution in [2.45, 2.75) is 13.5 Å². The molecule has 0 saturated carbocycles. The topological polar surface area (TPSA) is 101 Å². The summed E-state index contributed by atoms with van der Waals surface area (Å²) in [7, 11) is 0. The van der Waals surface area contributed by atoms with Crippen LogP contribution < -0.4 is 15.5 Å². The van der Waals surface area contributed by atoms with E-state index in [1.54, 1.807) is 22.9 Å².